The minimum absolute atomic E-state index is 0.0713. The first kappa shape index (κ1) is 17.1. The zero-order valence-electron chi connectivity index (χ0n) is 11.9. The Labute approximate surface area is 128 Å². The average molecular weight is 369 g/mol. The first-order chi connectivity index (χ1) is 8.58. The number of thiophene rings is 1. The zero-order chi connectivity index (χ0) is 14.8. The Hall–Kier alpha value is 0.0500. The molecule has 0 amide bonds. The number of hydrogen-bond donors (Lipinski definition) is 1. The summed E-state index contributed by atoms with van der Waals surface area (Å²) in [4.78, 5) is 1.35. The van der Waals surface area contributed by atoms with Gasteiger partial charge >= 0.3 is 0 Å². The molecule has 0 unspecified atom stereocenters. The fraction of sp³-hybridized carbons (Fsp3) is 0.667. The number of halogens is 1. The van der Waals surface area contributed by atoms with Crippen LogP contribution in [0.3, 0.4) is 0 Å². The lowest BCUT2D eigenvalue weighted by Crippen LogP contribution is -2.34. The van der Waals surface area contributed by atoms with Crippen LogP contribution in [-0.4, -0.2) is 33.4 Å². The van der Waals surface area contributed by atoms with Crippen molar-refractivity contribution >= 4 is 37.3 Å². The minimum Gasteiger partial charge on any atom is -0.315 e. The molecule has 110 valence electrons. The Morgan fingerprint density at radius 2 is 2.00 bits per heavy atom. The van der Waals surface area contributed by atoms with E-state index in [2.05, 4.69) is 21.2 Å². The van der Waals surface area contributed by atoms with Crippen molar-refractivity contribution in [2.75, 3.05) is 20.6 Å². The lowest BCUT2D eigenvalue weighted by molar-refractivity contribution is 0.311. The third kappa shape index (κ3) is 4.53. The molecule has 0 spiro atoms. The maximum Gasteiger partial charge on any atom is 0.244 e. The van der Waals surface area contributed by atoms with Gasteiger partial charge in [0.05, 0.1) is 3.79 Å². The van der Waals surface area contributed by atoms with Gasteiger partial charge in [0, 0.05) is 25.0 Å². The largest absolute Gasteiger partial charge is 0.315 e. The van der Waals surface area contributed by atoms with Crippen LogP contribution < -0.4 is 5.32 Å². The van der Waals surface area contributed by atoms with Gasteiger partial charge < -0.3 is 5.32 Å². The number of sulfonamides is 1. The summed E-state index contributed by atoms with van der Waals surface area (Å²) in [6, 6.07) is 1.74. The van der Waals surface area contributed by atoms with Crippen molar-refractivity contribution in [1.82, 2.24) is 9.62 Å². The maximum atomic E-state index is 12.5. The SMILES string of the molecule is CNCc1cc(S(=O)(=O)N(C)CC(C)(C)C)c(Br)s1. The van der Waals surface area contributed by atoms with Crippen molar-refractivity contribution in [2.45, 2.75) is 32.2 Å². The summed E-state index contributed by atoms with van der Waals surface area (Å²) in [5.41, 5.74) is -0.0713. The van der Waals surface area contributed by atoms with E-state index in [1.807, 2.05) is 27.8 Å². The summed E-state index contributed by atoms with van der Waals surface area (Å²) >= 11 is 4.81. The highest BCUT2D eigenvalue weighted by molar-refractivity contribution is 9.11. The molecule has 1 rings (SSSR count). The van der Waals surface area contributed by atoms with Gasteiger partial charge in [0.1, 0.15) is 4.90 Å². The quantitative estimate of drug-likeness (QED) is 0.868. The van der Waals surface area contributed by atoms with Crippen molar-refractivity contribution in [3.63, 3.8) is 0 Å². The van der Waals surface area contributed by atoms with E-state index >= 15 is 0 Å². The fourth-order valence-corrected chi connectivity index (χ4v) is 5.79. The molecule has 0 radical (unpaired) electrons. The molecule has 1 aromatic heterocycles. The highest BCUT2D eigenvalue weighted by atomic mass is 79.9. The highest BCUT2D eigenvalue weighted by Gasteiger charge is 2.28. The number of hydrogen-bond acceptors (Lipinski definition) is 4. The molecule has 1 heterocycles. The van der Waals surface area contributed by atoms with E-state index in [4.69, 9.17) is 0 Å². The lowest BCUT2D eigenvalue weighted by atomic mass is 9.97. The molecule has 0 bridgehead atoms. The normalized spacial score (nSPS) is 13.2. The molecule has 0 saturated carbocycles. The maximum absolute atomic E-state index is 12.5. The molecule has 0 saturated heterocycles. The molecule has 1 N–H and O–H groups in total. The molecular formula is C12H21BrN2O2S2. The van der Waals surface area contributed by atoms with E-state index in [9.17, 15) is 8.42 Å². The Balaban J connectivity index is 3.06. The van der Waals surface area contributed by atoms with Crippen LogP contribution in [0.2, 0.25) is 0 Å². The second-order valence-electron chi connectivity index (χ2n) is 5.70. The smallest absolute Gasteiger partial charge is 0.244 e. The highest BCUT2D eigenvalue weighted by Crippen LogP contribution is 2.34. The Bertz CT molecular complexity index is 532. The van der Waals surface area contributed by atoms with Crippen LogP contribution in [0, 0.1) is 5.41 Å². The standard InChI is InChI=1S/C12H21BrN2O2S2/c1-12(2,3)8-15(5)19(16,17)10-6-9(7-14-4)18-11(10)13/h6,14H,7-8H2,1-5H3. The van der Waals surface area contributed by atoms with Crippen molar-refractivity contribution in [3.05, 3.63) is 14.7 Å². The summed E-state index contributed by atoms with van der Waals surface area (Å²) in [6.45, 7) is 7.22. The molecule has 7 heteroatoms. The Kier molecular flexibility index (Phi) is 5.60. The second kappa shape index (κ2) is 6.22. The first-order valence-electron chi connectivity index (χ1n) is 5.97. The number of nitrogens with one attached hydrogen (secondary N) is 1. The molecule has 0 atom stereocenters. The van der Waals surface area contributed by atoms with Crippen molar-refractivity contribution in [3.8, 4) is 0 Å². The van der Waals surface area contributed by atoms with Gasteiger partial charge in [0.2, 0.25) is 10.0 Å². The third-order valence-electron chi connectivity index (χ3n) is 2.44. The predicted octanol–water partition coefficient (Wildman–Crippen LogP) is 2.90. The monoisotopic (exact) mass is 368 g/mol. The van der Waals surface area contributed by atoms with Crippen molar-refractivity contribution in [2.24, 2.45) is 5.41 Å². The van der Waals surface area contributed by atoms with Crippen LogP contribution in [0.5, 0.6) is 0 Å². The van der Waals surface area contributed by atoms with Gasteiger partial charge in [0.25, 0.3) is 0 Å². The van der Waals surface area contributed by atoms with E-state index in [-0.39, 0.29) is 5.41 Å². The molecule has 1 aromatic rings. The summed E-state index contributed by atoms with van der Waals surface area (Å²) in [6.07, 6.45) is 0. The van der Waals surface area contributed by atoms with Gasteiger partial charge in [-0.3, -0.25) is 0 Å². The lowest BCUT2D eigenvalue weighted by Gasteiger charge is -2.25. The van der Waals surface area contributed by atoms with E-state index in [0.29, 0.717) is 21.8 Å². The third-order valence-corrected chi connectivity index (χ3v) is 6.50. The van der Waals surface area contributed by atoms with Crippen LogP contribution in [0.1, 0.15) is 25.6 Å². The van der Waals surface area contributed by atoms with Crippen molar-refractivity contribution in [1.29, 1.82) is 0 Å². The van der Waals surface area contributed by atoms with Gasteiger partial charge in [-0.05, 0) is 34.5 Å². The topological polar surface area (TPSA) is 49.4 Å². The summed E-state index contributed by atoms with van der Waals surface area (Å²) in [5.74, 6) is 0. The molecular weight excluding hydrogens is 348 g/mol. The molecule has 0 aliphatic rings. The molecule has 0 fully saturated rings. The van der Waals surface area contributed by atoms with E-state index in [0.717, 1.165) is 4.88 Å². The molecule has 0 aromatic carbocycles. The summed E-state index contributed by atoms with van der Waals surface area (Å²) < 4.78 is 27.1. The van der Waals surface area contributed by atoms with Crippen LogP contribution in [0.4, 0.5) is 0 Å². The Morgan fingerprint density at radius 3 is 2.47 bits per heavy atom. The molecule has 0 aliphatic heterocycles. The second-order valence-corrected chi connectivity index (χ2v) is 10.2. The van der Waals surface area contributed by atoms with Gasteiger partial charge in [0.15, 0.2) is 0 Å². The average Bonchev–Trinajstić information content (AvgIpc) is 2.58. The zero-order valence-corrected chi connectivity index (χ0v) is 15.2. The molecule has 19 heavy (non-hydrogen) atoms. The van der Waals surface area contributed by atoms with Crippen LogP contribution in [0.15, 0.2) is 14.7 Å². The van der Waals surface area contributed by atoms with Crippen LogP contribution in [0.25, 0.3) is 0 Å². The van der Waals surface area contributed by atoms with Gasteiger partial charge in [-0.15, -0.1) is 11.3 Å². The minimum atomic E-state index is -3.43. The molecule has 0 aliphatic carbocycles. The first-order valence-corrected chi connectivity index (χ1v) is 9.02. The van der Waals surface area contributed by atoms with Gasteiger partial charge in [-0.1, -0.05) is 20.8 Å². The van der Waals surface area contributed by atoms with Gasteiger partial charge in [-0.2, -0.15) is 0 Å². The Morgan fingerprint density at radius 1 is 1.42 bits per heavy atom. The summed E-state index contributed by atoms with van der Waals surface area (Å²) in [5, 5.41) is 3.02. The van der Waals surface area contributed by atoms with E-state index < -0.39 is 10.0 Å². The van der Waals surface area contributed by atoms with Crippen molar-refractivity contribution < 1.29 is 8.42 Å². The van der Waals surface area contributed by atoms with Crippen LogP contribution >= 0.6 is 27.3 Å². The van der Waals surface area contributed by atoms with Gasteiger partial charge in [-0.25, -0.2) is 12.7 Å². The van der Waals surface area contributed by atoms with E-state index in [1.54, 1.807) is 13.1 Å². The molecule has 4 nitrogen and oxygen atoms in total. The van der Waals surface area contributed by atoms with Crippen LogP contribution in [-0.2, 0) is 16.6 Å². The van der Waals surface area contributed by atoms with E-state index in [1.165, 1.54) is 15.6 Å². The summed E-state index contributed by atoms with van der Waals surface area (Å²) in [7, 11) is 0.0370. The fourth-order valence-electron chi connectivity index (χ4n) is 1.76. The number of nitrogens with zero attached hydrogens (tertiary/aromatic N) is 1. The number of rotatable bonds is 5. The predicted molar refractivity (Wildman–Crippen MR) is 84.1 cm³/mol.